The fourth-order valence-corrected chi connectivity index (χ4v) is 3.06. The minimum atomic E-state index is -0.120. The molecule has 0 aliphatic carbocycles. The van der Waals surface area contributed by atoms with Crippen LogP contribution in [0.15, 0.2) is 40.3 Å². The van der Waals surface area contributed by atoms with Gasteiger partial charge >= 0.3 is 0 Å². The van der Waals surface area contributed by atoms with Gasteiger partial charge in [-0.3, -0.25) is 4.79 Å². The van der Waals surface area contributed by atoms with E-state index in [4.69, 9.17) is 11.6 Å². The van der Waals surface area contributed by atoms with Gasteiger partial charge < -0.3 is 4.57 Å². The van der Waals surface area contributed by atoms with E-state index in [1.807, 2.05) is 25.3 Å². The summed E-state index contributed by atoms with van der Waals surface area (Å²) in [6, 6.07) is 7.26. The van der Waals surface area contributed by atoms with Crippen molar-refractivity contribution in [2.24, 2.45) is 0 Å². The van der Waals surface area contributed by atoms with Crippen molar-refractivity contribution < 1.29 is 0 Å². The summed E-state index contributed by atoms with van der Waals surface area (Å²) in [4.78, 5) is 16.3. The average molecular weight is 335 g/mol. The van der Waals surface area contributed by atoms with E-state index in [1.54, 1.807) is 18.3 Å². The van der Waals surface area contributed by atoms with E-state index < -0.39 is 0 Å². The highest BCUT2D eigenvalue weighted by Crippen LogP contribution is 2.24. The molecule has 7 heteroatoms. The highest BCUT2D eigenvalue weighted by molar-refractivity contribution is 7.98. The van der Waals surface area contributed by atoms with E-state index in [-0.39, 0.29) is 11.6 Å². The lowest BCUT2D eigenvalue weighted by molar-refractivity contribution is 0.615. The Bertz CT molecular complexity index is 885. The third-order valence-corrected chi connectivity index (χ3v) is 4.51. The number of halogens is 1. The lowest BCUT2D eigenvalue weighted by Gasteiger charge is -2.20. The lowest BCUT2D eigenvalue weighted by atomic mass is 10.1. The van der Waals surface area contributed by atoms with Crippen LogP contribution in [0.25, 0.3) is 5.65 Å². The van der Waals surface area contributed by atoms with Crippen molar-refractivity contribution in [1.82, 2.24) is 19.2 Å². The fraction of sp³-hybridized carbons (Fsp3) is 0.267. The molecule has 0 spiro atoms. The maximum absolute atomic E-state index is 12.1. The molecule has 3 aromatic rings. The van der Waals surface area contributed by atoms with E-state index in [9.17, 15) is 4.79 Å². The van der Waals surface area contributed by atoms with Crippen LogP contribution in [0.4, 0.5) is 0 Å². The van der Waals surface area contributed by atoms with Crippen LogP contribution >= 0.6 is 23.4 Å². The van der Waals surface area contributed by atoms with Gasteiger partial charge in [-0.2, -0.15) is 9.61 Å². The van der Waals surface area contributed by atoms with Gasteiger partial charge in [-0.1, -0.05) is 17.7 Å². The van der Waals surface area contributed by atoms with Crippen molar-refractivity contribution in [1.29, 1.82) is 0 Å². The van der Waals surface area contributed by atoms with Gasteiger partial charge in [-0.05, 0) is 31.7 Å². The van der Waals surface area contributed by atoms with E-state index in [2.05, 4.69) is 21.6 Å². The van der Waals surface area contributed by atoms with Crippen LogP contribution in [-0.4, -0.2) is 25.4 Å². The second-order valence-corrected chi connectivity index (χ2v) is 6.25. The molecular formula is C15H15ClN4OS. The fourth-order valence-electron chi connectivity index (χ4n) is 2.56. The molecule has 0 radical (unpaired) electrons. The molecule has 1 unspecified atom stereocenters. The molecular weight excluding hydrogens is 320 g/mol. The van der Waals surface area contributed by atoms with E-state index in [0.717, 1.165) is 21.9 Å². The van der Waals surface area contributed by atoms with Crippen LogP contribution in [0, 0.1) is 6.92 Å². The Hall–Kier alpha value is -1.79. The number of fused-ring (bicyclic) bond motifs is 1. The van der Waals surface area contributed by atoms with Gasteiger partial charge in [0.2, 0.25) is 0 Å². The molecule has 22 heavy (non-hydrogen) atoms. The summed E-state index contributed by atoms with van der Waals surface area (Å²) in [5.74, 6) is 0. The monoisotopic (exact) mass is 334 g/mol. The maximum atomic E-state index is 12.1. The van der Waals surface area contributed by atoms with Crippen molar-refractivity contribution in [3.63, 3.8) is 0 Å². The Morgan fingerprint density at radius 2 is 2.09 bits per heavy atom. The topological polar surface area (TPSA) is 52.2 Å². The summed E-state index contributed by atoms with van der Waals surface area (Å²) < 4.78 is 3.53. The maximum Gasteiger partial charge on any atom is 0.274 e. The first-order valence-corrected chi connectivity index (χ1v) is 8.39. The van der Waals surface area contributed by atoms with E-state index >= 15 is 0 Å². The molecule has 114 valence electrons. The minimum Gasteiger partial charge on any atom is -0.323 e. The standard InChI is InChI=1S/C15H15ClN4OS/c1-9-6-15(21)20-14(7-13(18-20)22-3)19(9)10(2)11-4-5-12(16)17-8-11/h4-8,10H,1-3H3. The zero-order valence-electron chi connectivity index (χ0n) is 12.4. The Labute approximate surface area is 136 Å². The first-order chi connectivity index (χ1) is 10.5. The van der Waals surface area contributed by atoms with Crippen LogP contribution in [-0.2, 0) is 0 Å². The average Bonchev–Trinajstić information content (AvgIpc) is 2.92. The number of hydrogen-bond acceptors (Lipinski definition) is 4. The molecule has 5 nitrogen and oxygen atoms in total. The van der Waals surface area contributed by atoms with Gasteiger partial charge in [0.1, 0.15) is 15.8 Å². The highest BCUT2D eigenvalue weighted by Gasteiger charge is 2.16. The van der Waals surface area contributed by atoms with E-state index in [1.165, 1.54) is 16.3 Å². The molecule has 0 amide bonds. The van der Waals surface area contributed by atoms with Crippen molar-refractivity contribution >= 4 is 29.0 Å². The summed E-state index contributed by atoms with van der Waals surface area (Å²) in [5.41, 5.74) is 2.56. The first kappa shape index (κ1) is 15.1. The van der Waals surface area contributed by atoms with Gasteiger partial charge in [0.15, 0.2) is 0 Å². The summed E-state index contributed by atoms with van der Waals surface area (Å²) in [6.07, 6.45) is 3.70. The Balaban J connectivity index is 2.23. The van der Waals surface area contributed by atoms with Gasteiger partial charge in [0.05, 0.1) is 6.04 Å². The Morgan fingerprint density at radius 3 is 2.73 bits per heavy atom. The molecule has 3 aromatic heterocycles. The summed E-state index contributed by atoms with van der Waals surface area (Å²) >= 11 is 7.37. The van der Waals surface area contributed by atoms with Gasteiger partial charge in [-0.15, -0.1) is 11.8 Å². The number of nitrogens with zero attached hydrogens (tertiary/aromatic N) is 4. The van der Waals surface area contributed by atoms with Crippen molar-refractivity contribution in [2.75, 3.05) is 6.26 Å². The lowest BCUT2D eigenvalue weighted by Crippen LogP contribution is -2.22. The van der Waals surface area contributed by atoms with Crippen LogP contribution in [0.5, 0.6) is 0 Å². The minimum absolute atomic E-state index is 0.0132. The van der Waals surface area contributed by atoms with Crippen LogP contribution in [0.1, 0.15) is 24.2 Å². The Kier molecular flexibility index (Phi) is 3.97. The normalized spacial score (nSPS) is 12.7. The van der Waals surface area contributed by atoms with E-state index in [0.29, 0.717) is 5.15 Å². The zero-order chi connectivity index (χ0) is 15.9. The Morgan fingerprint density at radius 1 is 1.32 bits per heavy atom. The van der Waals surface area contributed by atoms with Crippen LogP contribution in [0.2, 0.25) is 5.15 Å². The SMILES string of the molecule is CSc1cc2n(C(C)c3ccc(Cl)nc3)c(C)cc(=O)n2n1. The molecule has 1 atom stereocenters. The third-order valence-electron chi connectivity index (χ3n) is 3.67. The predicted molar refractivity (Wildman–Crippen MR) is 89.0 cm³/mol. The number of aryl methyl sites for hydroxylation is 1. The number of rotatable bonds is 3. The zero-order valence-corrected chi connectivity index (χ0v) is 14.0. The van der Waals surface area contributed by atoms with Gasteiger partial charge in [-0.25, -0.2) is 4.98 Å². The smallest absolute Gasteiger partial charge is 0.274 e. The van der Waals surface area contributed by atoms with Crippen LogP contribution < -0.4 is 5.56 Å². The molecule has 0 N–H and O–H groups in total. The largest absolute Gasteiger partial charge is 0.323 e. The molecule has 0 saturated heterocycles. The molecule has 3 rings (SSSR count). The summed E-state index contributed by atoms with van der Waals surface area (Å²) in [7, 11) is 0. The highest BCUT2D eigenvalue weighted by atomic mass is 35.5. The quantitative estimate of drug-likeness (QED) is 0.545. The molecule has 0 fully saturated rings. The second kappa shape index (κ2) is 5.78. The molecule has 0 bridgehead atoms. The second-order valence-electron chi connectivity index (χ2n) is 5.04. The molecule has 0 aromatic carbocycles. The van der Waals surface area contributed by atoms with Crippen molar-refractivity contribution in [2.45, 2.75) is 24.9 Å². The van der Waals surface area contributed by atoms with Crippen molar-refractivity contribution in [3.8, 4) is 0 Å². The molecule has 0 aliphatic rings. The summed E-state index contributed by atoms with van der Waals surface area (Å²) in [6.45, 7) is 3.99. The number of thioether (sulfide) groups is 1. The van der Waals surface area contributed by atoms with Gasteiger partial charge in [0.25, 0.3) is 5.56 Å². The molecule has 0 aliphatic heterocycles. The predicted octanol–water partition coefficient (Wildman–Crippen LogP) is 3.18. The first-order valence-electron chi connectivity index (χ1n) is 6.78. The van der Waals surface area contributed by atoms with Gasteiger partial charge in [0, 0.05) is 24.0 Å². The van der Waals surface area contributed by atoms with Crippen LogP contribution in [0.3, 0.4) is 0 Å². The number of hydrogen-bond donors (Lipinski definition) is 0. The molecule has 0 saturated carbocycles. The third kappa shape index (κ3) is 2.53. The number of aromatic nitrogens is 4. The number of pyridine rings is 1. The van der Waals surface area contributed by atoms with Crippen molar-refractivity contribution in [3.05, 3.63) is 57.2 Å². The summed E-state index contributed by atoms with van der Waals surface area (Å²) in [5, 5.41) is 5.61. The molecule has 3 heterocycles.